The van der Waals surface area contributed by atoms with Crippen LogP contribution in [0.4, 0.5) is 0 Å². The second-order valence-corrected chi connectivity index (χ2v) is 2.63. The maximum atomic E-state index is 8.64. The Hall–Kier alpha value is -1.62. The van der Waals surface area contributed by atoms with E-state index in [1.54, 1.807) is 12.1 Å². The molecule has 84 valence electrons. The van der Waals surface area contributed by atoms with E-state index in [0.29, 0.717) is 23.0 Å². The van der Waals surface area contributed by atoms with Gasteiger partial charge in [-0.25, -0.2) is 0 Å². The number of aliphatic hydroxyl groups excluding tert-OH is 1. The zero-order chi connectivity index (χ0) is 11.3. The zero-order valence-electron chi connectivity index (χ0n) is 8.94. The molecule has 0 aromatic heterocycles. The molecule has 0 saturated heterocycles. The summed E-state index contributed by atoms with van der Waals surface area (Å²) in [6.07, 6.45) is 0. The van der Waals surface area contributed by atoms with Crippen molar-refractivity contribution in [3.05, 3.63) is 12.1 Å². The van der Waals surface area contributed by atoms with Crippen molar-refractivity contribution >= 4 is 0 Å². The molecule has 0 amide bonds. The first-order chi connectivity index (χ1) is 7.26. The van der Waals surface area contributed by atoms with Gasteiger partial charge in [0.2, 0.25) is 5.75 Å². The molecule has 0 atom stereocenters. The van der Waals surface area contributed by atoms with Gasteiger partial charge in [0.05, 0.1) is 21.3 Å². The summed E-state index contributed by atoms with van der Waals surface area (Å²) in [6, 6.07) is 3.22. The number of rotatable bonds is 5. The topological polar surface area (TPSA) is 57.2 Å². The Morgan fingerprint density at radius 2 is 1.53 bits per heavy atom. The summed E-state index contributed by atoms with van der Waals surface area (Å²) in [4.78, 5) is 0. The summed E-state index contributed by atoms with van der Waals surface area (Å²) in [6.45, 7) is -0.404. The van der Waals surface area contributed by atoms with Crippen LogP contribution in [0.5, 0.6) is 23.0 Å². The van der Waals surface area contributed by atoms with E-state index in [1.165, 1.54) is 21.3 Å². The molecule has 1 aromatic carbocycles. The SMILES string of the molecule is COc1cc(OCO)cc(OC)c1OC. The van der Waals surface area contributed by atoms with Crippen molar-refractivity contribution in [2.75, 3.05) is 28.1 Å². The van der Waals surface area contributed by atoms with Crippen molar-refractivity contribution in [3.8, 4) is 23.0 Å². The van der Waals surface area contributed by atoms with Crippen LogP contribution in [0.2, 0.25) is 0 Å². The number of hydrogen-bond donors (Lipinski definition) is 1. The summed E-state index contributed by atoms with van der Waals surface area (Å²) >= 11 is 0. The molecule has 0 heterocycles. The second-order valence-electron chi connectivity index (χ2n) is 2.63. The van der Waals surface area contributed by atoms with Crippen molar-refractivity contribution in [2.45, 2.75) is 0 Å². The minimum Gasteiger partial charge on any atom is -0.493 e. The quantitative estimate of drug-likeness (QED) is 0.742. The third-order valence-electron chi connectivity index (χ3n) is 1.87. The molecule has 0 radical (unpaired) electrons. The van der Waals surface area contributed by atoms with Crippen LogP contribution >= 0.6 is 0 Å². The zero-order valence-corrected chi connectivity index (χ0v) is 8.94. The van der Waals surface area contributed by atoms with Gasteiger partial charge in [-0.2, -0.15) is 0 Å². The lowest BCUT2D eigenvalue weighted by molar-refractivity contribution is 0.0979. The minimum atomic E-state index is -0.404. The van der Waals surface area contributed by atoms with Crippen molar-refractivity contribution in [3.63, 3.8) is 0 Å². The Balaban J connectivity index is 3.16. The summed E-state index contributed by atoms with van der Waals surface area (Å²) in [5, 5.41) is 8.64. The van der Waals surface area contributed by atoms with E-state index in [-0.39, 0.29) is 0 Å². The highest BCUT2D eigenvalue weighted by Gasteiger charge is 2.13. The van der Waals surface area contributed by atoms with Gasteiger partial charge in [-0.3, -0.25) is 0 Å². The minimum absolute atomic E-state index is 0.404. The number of hydrogen-bond acceptors (Lipinski definition) is 5. The van der Waals surface area contributed by atoms with Crippen LogP contribution in [0.3, 0.4) is 0 Å². The second kappa shape index (κ2) is 5.31. The van der Waals surface area contributed by atoms with Crippen molar-refractivity contribution in [2.24, 2.45) is 0 Å². The molecule has 0 fully saturated rings. The molecule has 0 spiro atoms. The van der Waals surface area contributed by atoms with Crippen LogP contribution < -0.4 is 18.9 Å². The molecule has 1 rings (SSSR count). The summed E-state index contributed by atoms with van der Waals surface area (Å²) in [5.74, 6) is 1.91. The van der Waals surface area contributed by atoms with E-state index >= 15 is 0 Å². The number of ether oxygens (including phenoxy) is 4. The molecule has 0 aliphatic rings. The summed E-state index contributed by atoms with van der Waals surface area (Å²) < 4.78 is 20.3. The molecule has 5 heteroatoms. The van der Waals surface area contributed by atoms with Gasteiger partial charge in [-0.15, -0.1) is 0 Å². The van der Waals surface area contributed by atoms with E-state index in [9.17, 15) is 0 Å². The molecular weight excluding hydrogens is 200 g/mol. The average molecular weight is 214 g/mol. The maximum Gasteiger partial charge on any atom is 0.203 e. The predicted octanol–water partition coefficient (Wildman–Crippen LogP) is 1.04. The first kappa shape index (κ1) is 11.5. The summed E-state index contributed by atoms with van der Waals surface area (Å²) in [5.41, 5.74) is 0. The fourth-order valence-electron chi connectivity index (χ4n) is 1.21. The molecule has 0 unspecified atom stereocenters. The number of methoxy groups -OCH3 is 3. The molecular formula is C10H14O5. The van der Waals surface area contributed by atoms with Crippen molar-refractivity contribution < 1.29 is 24.1 Å². The van der Waals surface area contributed by atoms with E-state index in [2.05, 4.69) is 0 Å². The van der Waals surface area contributed by atoms with Crippen LogP contribution in [0, 0.1) is 0 Å². The first-order valence-electron chi connectivity index (χ1n) is 4.30. The lowest BCUT2D eigenvalue weighted by atomic mass is 10.2. The van der Waals surface area contributed by atoms with E-state index in [4.69, 9.17) is 24.1 Å². The van der Waals surface area contributed by atoms with Gasteiger partial charge in [0.1, 0.15) is 5.75 Å². The normalized spacial score (nSPS) is 9.60. The summed E-state index contributed by atoms with van der Waals surface area (Å²) in [7, 11) is 4.55. The van der Waals surface area contributed by atoms with Crippen LogP contribution in [0.15, 0.2) is 12.1 Å². The molecule has 1 N–H and O–H groups in total. The Bertz CT molecular complexity index is 299. The molecule has 0 aliphatic heterocycles. The standard InChI is InChI=1S/C10H14O5/c1-12-8-4-7(15-6-11)5-9(13-2)10(8)14-3/h4-5,11H,6H2,1-3H3. The molecule has 1 aromatic rings. The van der Waals surface area contributed by atoms with Gasteiger partial charge in [-0.05, 0) is 0 Å². The fraction of sp³-hybridized carbons (Fsp3) is 0.400. The highest BCUT2D eigenvalue weighted by atomic mass is 16.6. The van der Waals surface area contributed by atoms with E-state index < -0.39 is 6.79 Å². The molecule has 0 bridgehead atoms. The molecule has 15 heavy (non-hydrogen) atoms. The van der Waals surface area contributed by atoms with E-state index in [0.717, 1.165) is 0 Å². The van der Waals surface area contributed by atoms with Gasteiger partial charge >= 0.3 is 0 Å². The average Bonchev–Trinajstić information content (AvgIpc) is 2.28. The van der Waals surface area contributed by atoms with Gasteiger partial charge in [0.15, 0.2) is 18.3 Å². The molecule has 0 aliphatic carbocycles. The highest BCUT2D eigenvalue weighted by Crippen LogP contribution is 2.40. The Morgan fingerprint density at radius 1 is 1.00 bits per heavy atom. The van der Waals surface area contributed by atoms with Crippen molar-refractivity contribution in [1.82, 2.24) is 0 Å². The number of benzene rings is 1. The van der Waals surface area contributed by atoms with E-state index in [1.807, 2.05) is 0 Å². The fourth-order valence-corrected chi connectivity index (χ4v) is 1.21. The van der Waals surface area contributed by atoms with Gasteiger partial charge in [0, 0.05) is 12.1 Å². The highest BCUT2D eigenvalue weighted by molar-refractivity contribution is 5.55. The Kier molecular flexibility index (Phi) is 4.05. The smallest absolute Gasteiger partial charge is 0.203 e. The van der Waals surface area contributed by atoms with Crippen LogP contribution in [0.1, 0.15) is 0 Å². The van der Waals surface area contributed by atoms with Crippen LogP contribution in [-0.4, -0.2) is 33.2 Å². The molecule has 5 nitrogen and oxygen atoms in total. The third kappa shape index (κ3) is 2.44. The lowest BCUT2D eigenvalue weighted by Gasteiger charge is -2.13. The predicted molar refractivity (Wildman–Crippen MR) is 53.8 cm³/mol. The van der Waals surface area contributed by atoms with Crippen LogP contribution in [-0.2, 0) is 0 Å². The largest absolute Gasteiger partial charge is 0.493 e. The lowest BCUT2D eigenvalue weighted by Crippen LogP contribution is -1.99. The van der Waals surface area contributed by atoms with Gasteiger partial charge < -0.3 is 24.1 Å². The maximum absolute atomic E-state index is 8.64. The number of aliphatic hydroxyl groups is 1. The Morgan fingerprint density at radius 3 is 1.87 bits per heavy atom. The molecule has 0 saturated carbocycles. The monoisotopic (exact) mass is 214 g/mol. The van der Waals surface area contributed by atoms with Gasteiger partial charge in [-0.1, -0.05) is 0 Å². The van der Waals surface area contributed by atoms with Crippen molar-refractivity contribution in [1.29, 1.82) is 0 Å². The van der Waals surface area contributed by atoms with Gasteiger partial charge in [0.25, 0.3) is 0 Å². The first-order valence-corrected chi connectivity index (χ1v) is 4.30. The third-order valence-corrected chi connectivity index (χ3v) is 1.87. The van der Waals surface area contributed by atoms with Crippen LogP contribution in [0.25, 0.3) is 0 Å². The Labute approximate surface area is 88.1 Å².